The van der Waals surface area contributed by atoms with Crippen molar-refractivity contribution in [2.24, 2.45) is 4.99 Å². The van der Waals surface area contributed by atoms with Crippen molar-refractivity contribution in [1.29, 1.82) is 0 Å². The Morgan fingerprint density at radius 3 is 2.67 bits per heavy atom. The second kappa shape index (κ2) is 7.17. The number of aliphatic imine (C=N–C) groups is 1. The minimum absolute atomic E-state index is 0.193. The van der Waals surface area contributed by atoms with Gasteiger partial charge in [-0.05, 0) is 42.8 Å². The van der Waals surface area contributed by atoms with Gasteiger partial charge in [-0.1, -0.05) is 35.2 Å². The quantitative estimate of drug-likeness (QED) is 0.570. The predicted octanol–water partition coefficient (Wildman–Crippen LogP) is 5.06. The number of rotatable bonds is 4. The highest BCUT2D eigenvalue weighted by Crippen LogP contribution is 2.25. The third kappa shape index (κ3) is 4.26. The largest absolute Gasteiger partial charge is 0.480 e. The SMILES string of the molecule is C#CCOc1ccc(Cl)cc1C=Nc1cc(Cl)ccc1C. The van der Waals surface area contributed by atoms with E-state index in [9.17, 15) is 0 Å². The van der Waals surface area contributed by atoms with E-state index in [0.29, 0.717) is 15.8 Å². The lowest BCUT2D eigenvalue weighted by Gasteiger charge is -2.07. The lowest BCUT2D eigenvalue weighted by Crippen LogP contribution is -1.97. The molecule has 0 amide bonds. The molecule has 2 nitrogen and oxygen atoms in total. The lowest BCUT2D eigenvalue weighted by molar-refractivity contribution is 0.370. The summed E-state index contributed by atoms with van der Waals surface area (Å²) in [6, 6.07) is 10.8. The lowest BCUT2D eigenvalue weighted by atomic mass is 10.2. The molecule has 0 saturated heterocycles. The Morgan fingerprint density at radius 2 is 1.90 bits per heavy atom. The summed E-state index contributed by atoms with van der Waals surface area (Å²) in [6.45, 7) is 2.16. The Hall–Kier alpha value is -1.95. The van der Waals surface area contributed by atoms with E-state index in [2.05, 4.69) is 10.9 Å². The van der Waals surface area contributed by atoms with Crippen LogP contribution in [-0.4, -0.2) is 12.8 Å². The van der Waals surface area contributed by atoms with Gasteiger partial charge in [0.2, 0.25) is 0 Å². The van der Waals surface area contributed by atoms with Crippen LogP contribution in [0.15, 0.2) is 41.4 Å². The predicted molar refractivity (Wildman–Crippen MR) is 89.2 cm³/mol. The van der Waals surface area contributed by atoms with Crippen LogP contribution >= 0.6 is 23.2 Å². The Kier molecular flexibility index (Phi) is 5.27. The summed E-state index contributed by atoms with van der Waals surface area (Å²) in [5, 5.41) is 1.25. The van der Waals surface area contributed by atoms with Crippen LogP contribution < -0.4 is 4.74 Å². The van der Waals surface area contributed by atoms with Gasteiger partial charge in [-0.25, -0.2) is 0 Å². The molecule has 0 aromatic heterocycles. The topological polar surface area (TPSA) is 21.6 Å². The standard InChI is InChI=1S/C17H13Cl2NO/c1-3-8-21-17-7-6-14(18)9-13(17)11-20-16-10-15(19)5-4-12(16)2/h1,4-7,9-11H,8H2,2H3. The van der Waals surface area contributed by atoms with Gasteiger partial charge in [0.05, 0.1) is 5.69 Å². The number of aryl methyl sites for hydroxylation is 1. The summed E-state index contributed by atoms with van der Waals surface area (Å²) >= 11 is 12.0. The maximum Gasteiger partial charge on any atom is 0.148 e. The zero-order chi connectivity index (χ0) is 15.2. The molecular formula is C17H13Cl2NO. The summed E-state index contributed by atoms with van der Waals surface area (Å²) < 4.78 is 5.47. The summed E-state index contributed by atoms with van der Waals surface area (Å²) in [6.07, 6.45) is 6.90. The van der Waals surface area contributed by atoms with Gasteiger partial charge in [0, 0.05) is 21.8 Å². The van der Waals surface area contributed by atoms with Crippen molar-refractivity contribution in [1.82, 2.24) is 0 Å². The van der Waals surface area contributed by atoms with E-state index in [1.165, 1.54) is 0 Å². The Morgan fingerprint density at radius 1 is 1.19 bits per heavy atom. The number of terminal acetylenes is 1. The molecule has 2 rings (SSSR count). The number of hydrogen-bond acceptors (Lipinski definition) is 2. The maximum atomic E-state index is 6.01. The van der Waals surface area contributed by atoms with Crippen molar-refractivity contribution in [2.45, 2.75) is 6.92 Å². The van der Waals surface area contributed by atoms with E-state index in [1.54, 1.807) is 30.5 Å². The van der Waals surface area contributed by atoms with E-state index in [0.717, 1.165) is 16.8 Å². The molecule has 0 N–H and O–H groups in total. The van der Waals surface area contributed by atoms with E-state index < -0.39 is 0 Å². The highest BCUT2D eigenvalue weighted by molar-refractivity contribution is 6.31. The van der Waals surface area contributed by atoms with Crippen molar-refractivity contribution in [3.8, 4) is 18.1 Å². The third-order valence-electron chi connectivity index (χ3n) is 2.80. The smallest absolute Gasteiger partial charge is 0.148 e. The van der Waals surface area contributed by atoms with Gasteiger partial charge in [0.25, 0.3) is 0 Å². The molecule has 0 spiro atoms. The van der Waals surface area contributed by atoms with E-state index >= 15 is 0 Å². The van der Waals surface area contributed by atoms with Crippen molar-refractivity contribution >= 4 is 35.1 Å². The van der Waals surface area contributed by atoms with Crippen LogP contribution in [0.5, 0.6) is 5.75 Å². The van der Waals surface area contributed by atoms with Gasteiger partial charge in [-0.3, -0.25) is 4.99 Å². The first-order valence-corrected chi connectivity index (χ1v) is 7.02. The van der Waals surface area contributed by atoms with Gasteiger partial charge in [0.15, 0.2) is 0 Å². The molecule has 2 aromatic carbocycles. The van der Waals surface area contributed by atoms with Gasteiger partial charge in [-0.2, -0.15) is 0 Å². The monoisotopic (exact) mass is 317 g/mol. The fourth-order valence-corrected chi connectivity index (χ4v) is 2.08. The van der Waals surface area contributed by atoms with E-state index in [-0.39, 0.29) is 6.61 Å². The van der Waals surface area contributed by atoms with Crippen molar-refractivity contribution in [3.63, 3.8) is 0 Å². The van der Waals surface area contributed by atoms with Crippen LogP contribution in [0.2, 0.25) is 10.0 Å². The number of halogens is 2. The summed E-state index contributed by atoms with van der Waals surface area (Å²) in [5.41, 5.74) is 2.59. The van der Waals surface area contributed by atoms with Crippen LogP contribution in [0.3, 0.4) is 0 Å². The van der Waals surface area contributed by atoms with Crippen LogP contribution in [0, 0.1) is 19.3 Å². The van der Waals surface area contributed by atoms with Gasteiger partial charge in [-0.15, -0.1) is 6.42 Å². The van der Waals surface area contributed by atoms with E-state index in [4.69, 9.17) is 34.4 Å². The molecule has 0 unspecified atom stereocenters. The summed E-state index contributed by atoms with van der Waals surface area (Å²) in [7, 11) is 0. The molecule has 0 aliphatic rings. The normalized spacial score (nSPS) is 10.6. The molecule has 0 bridgehead atoms. The Balaban J connectivity index is 2.33. The molecule has 0 heterocycles. The average Bonchev–Trinajstić information content (AvgIpc) is 2.47. The summed E-state index contributed by atoms with van der Waals surface area (Å²) in [4.78, 5) is 4.45. The van der Waals surface area contributed by atoms with Crippen LogP contribution in [-0.2, 0) is 0 Å². The molecule has 0 saturated carbocycles. The molecule has 0 aliphatic heterocycles. The zero-order valence-corrected chi connectivity index (χ0v) is 12.9. The summed E-state index contributed by atoms with van der Waals surface area (Å²) in [5.74, 6) is 3.07. The van der Waals surface area contributed by atoms with Crippen LogP contribution in [0.25, 0.3) is 0 Å². The fourth-order valence-electron chi connectivity index (χ4n) is 1.73. The number of hydrogen-bond donors (Lipinski definition) is 0. The van der Waals surface area contributed by atoms with Crippen molar-refractivity contribution in [2.75, 3.05) is 6.61 Å². The fraction of sp³-hybridized carbons (Fsp3) is 0.118. The molecule has 106 valence electrons. The number of nitrogens with zero attached hydrogens (tertiary/aromatic N) is 1. The minimum atomic E-state index is 0.193. The first kappa shape index (κ1) is 15.4. The molecule has 2 aromatic rings. The van der Waals surface area contributed by atoms with Crippen LogP contribution in [0.1, 0.15) is 11.1 Å². The molecule has 4 heteroatoms. The Bertz CT molecular complexity index is 717. The zero-order valence-electron chi connectivity index (χ0n) is 11.4. The second-order valence-corrected chi connectivity index (χ2v) is 5.24. The maximum absolute atomic E-state index is 6.01. The number of ether oxygens (including phenoxy) is 1. The second-order valence-electron chi connectivity index (χ2n) is 4.36. The molecule has 0 atom stereocenters. The highest BCUT2D eigenvalue weighted by atomic mass is 35.5. The average molecular weight is 318 g/mol. The third-order valence-corrected chi connectivity index (χ3v) is 3.27. The molecule has 21 heavy (non-hydrogen) atoms. The van der Waals surface area contributed by atoms with Gasteiger partial charge in [0.1, 0.15) is 12.4 Å². The van der Waals surface area contributed by atoms with Gasteiger partial charge >= 0.3 is 0 Å². The molecule has 0 radical (unpaired) electrons. The molecule has 0 fully saturated rings. The minimum Gasteiger partial charge on any atom is -0.480 e. The highest BCUT2D eigenvalue weighted by Gasteiger charge is 2.03. The first-order valence-electron chi connectivity index (χ1n) is 6.26. The Labute approximate surface area is 134 Å². The first-order chi connectivity index (χ1) is 10.1. The molecule has 0 aliphatic carbocycles. The van der Waals surface area contributed by atoms with Gasteiger partial charge < -0.3 is 4.74 Å². The van der Waals surface area contributed by atoms with Crippen molar-refractivity contribution < 1.29 is 4.74 Å². The van der Waals surface area contributed by atoms with Crippen LogP contribution in [0.4, 0.5) is 5.69 Å². The van der Waals surface area contributed by atoms with E-state index in [1.807, 2.05) is 19.1 Å². The molecular weight excluding hydrogens is 305 g/mol. The van der Waals surface area contributed by atoms with Crippen molar-refractivity contribution in [3.05, 3.63) is 57.6 Å². The number of benzene rings is 2.